The van der Waals surface area contributed by atoms with E-state index < -0.39 is 6.09 Å². The normalized spacial score (nSPS) is 14.8. The summed E-state index contributed by atoms with van der Waals surface area (Å²) < 4.78 is 0. The molecule has 1 N–H and O–H groups in total. The number of hydrogen-bond acceptors (Lipinski definition) is 5. The van der Waals surface area contributed by atoms with E-state index in [1.807, 2.05) is 0 Å². The molecular weight excluding hydrogens is 414 g/mol. The van der Waals surface area contributed by atoms with Gasteiger partial charge in [-0.15, -0.1) is 0 Å². The monoisotopic (exact) mass is 435 g/mol. The number of carboxylic acid groups (broad SMARTS) is 1. The molecule has 0 bridgehead atoms. The Morgan fingerprint density at radius 3 is 1.25 bits per heavy atom. The summed E-state index contributed by atoms with van der Waals surface area (Å²) >= 11 is 0. The molecule has 0 unspecified atom stereocenters. The molecule has 0 spiro atoms. The number of nitrogens with zero attached hydrogens (tertiary/aromatic N) is 3. The first kappa shape index (κ1) is 21.2. The van der Waals surface area contributed by atoms with Crippen LogP contribution in [-0.2, 0) is 0 Å². The second-order valence-electron chi connectivity index (χ2n) is 7.59. The lowest BCUT2D eigenvalue weighted by atomic mass is 10.1. The fraction of sp³-hybridized carbons (Fsp3) is 0.261. The first-order chi connectivity index (χ1) is 15.4. The Balaban J connectivity index is 1.28. The number of imide groups is 2. The molecule has 0 saturated heterocycles. The molecule has 0 atom stereocenters. The molecule has 0 aliphatic carbocycles. The van der Waals surface area contributed by atoms with E-state index in [-0.39, 0.29) is 62.6 Å². The van der Waals surface area contributed by atoms with Crippen LogP contribution in [-0.4, -0.2) is 75.7 Å². The highest BCUT2D eigenvalue weighted by Gasteiger charge is 2.36. The molecular formula is C23H21N3O6. The van der Waals surface area contributed by atoms with Crippen LogP contribution in [0.15, 0.2) is 48.5 Å². The highest BCUT2D eigenvalue weighted by Crippen LogP contribution is 2.23. The minimum Gasteiger partial charge on any atom is -0.465 e. The summed E-state index contributed by atoms with van der Waals surface area (Å²) in [7, 11) is 0. The topological polar surface area (TPSA) is 115 Å². The van der Waals surface area contributed by atoms with Gasteiger partial charge in [0, 0.05) is 26.2 Å². The summed E-state index contributed by atoms with van der Waals surface area (Å²) in [6.07, 6.45) is -0.579. The Morgan fingerprint density at radius 2 is 0.969 bits per heavy atom. The molecule has 0 aromatic heterocycles. The van der Waals surface area contributed by atoms with Crippen LogP contribution in [0.3, 0.4) is 0 Å². The van der Waals surface area contributed by atoms with Crippen molar-refractivity contribution in [3.05, 3.63) is 70.8 Å². The predicted octanol–water partition coefficient (Wildman–Crippen LogP) is 2.34. The van der Waals surface area contributed by atoms with Crippen LogP contribution < -0.4 is 0 Å². The lowest BCUT2D eigenvalue weighted by Crippen LogP contribution is -2.38. The Hall–Kier alpha value is -4.01. The van der Waals surface area contributed by atoms with Gasteiger partial charge in [0.15, 0.2) is 0 Å². The summed E-state index contributed by atoms with van der Waals surface area (Å²) in [5, 5.41) is 9.48. The lowest BCUT2D eigenvalue weighted by Gasteiger charge is -2.22. The van der Waals surface area contributed by atoms with Crippen molar-refractivity contribution >= 4 is 29.7 Å². The Labute approximate surface area is 183 Å². The number of carbonyl (C=O) groups excluding carboxylic acids is 4. The third-order valence-corrected chi connectivity index (χ3v) is 5.65. The summed E-state index contributed by atoms with van der Waals surface area (Å²) in [5.74, 6) is -1.51. The number of carbonyl (C=O) groups is 5. The SMILES string of the molecule is O=C(O)N(CCCN1C(=O)c2ccccc2C1=O)CCCN1C(=O)c2ccccc2C1=O. The van der Waals surface area contributed by atoms with E-state index in [0.29, 0.717) is 22.3 Å². The van der Waals surface area contributed by atoms with Crippen LogP contribution in [0.2, 0.25) is 0 Å². The Bertz CT molecular complexity index is 977. The van der Waals surface area contributed by atoms with Crippen LogP contribution in [0.25, 0.3) is 0 Å². The number of fused-ring (bicyclic) bond motifs is 2. The number of amides is 5. The molecule has 2 aliphatic heterocycles. The van der Waals surface area contributed by atoms with Gasteiger partial charge in [-0.05, 0) is 37.1 Å². The second-order valence-corrected chi connectivity index (χ2v) is 7.59. The highest BCUT2D eigenvalue weighted by atomic mass is 16.4. The summed E-state index contributed by atoms with van der Waals surface area (Å²) in [4.78, 5) is 64.6. The Kier molecular flexibility index (Phi) is 5.72. The van der Waals surface area contributed by atoms with E-state index in [0.717, 1.165) is 14.7 Å². The molecule has 4 rings (SSSR count). The van der Waals surface area contributed by atoms with Gasteiger partial charge in [0.25, 0.3) is 23.6 Å². The van der Waals surface area contributed by atoms with Crippen LogP contribution in [0.5, 0.6) is 0 Å². The van der Waals surface area contributed by atoms with E-state index in [1.165, 1.54) is 0 Å². The van der Waals surface area contributed by atoms with Crippen molar-refractivity contribution in [1.29, 1.82) is 0 Å². The zero-order valence-corrected chi connectivity index (χ0v) is 17.2. The smallest absolute Gasteiger partial charge is 0.407 e. The fourth-order valence-electron chi connectivity index (χ4n) is 4.03. The maximum absolute atomic E-state index is 12.4. The van der Waals surface area contributed by atoms with Crippen molar-refractivity contribution in [3.63, 3.8) is 0 Å². The highest BCUT2D eigenvalue weighted by molar-refractivity contribution is 6.22. The molecule has 0 saturated carbocycles. The standard InChI is InChI=1S/C23H21N3O6/c27-19-15-7-1-2-8-16(15)20(28)25(19)13-5-11-24(23(31)32)12-6-14-26-21(29)17-9-3-4-10-18(17)22(26)30/h1-4,7-10H,5-6,11-14H2,(H,31,32). The van der Waals surface area contributed by atoms with Crippen molar-refractivity contribution in [2.45, 2.75) is 12.8 Å². The van der Waals surface area contributed by atoms with Crippen LogP contribution in [0.4, 0.5) is 4.79 Å². The van der Waals surface area contributed by atoms with Gasteiger partial charge < -0.3 is 10.0 Å². The minimum atomic E-state index is -1.14. The fourth-order valence-corrected chi connectivity index (χ4v) is 4.03. The van der Waals surface area contributed by atoms with E-state index in [2.05, 4.69) is 0 Å². The first-order valence-corrected chi connectivity index (χ1v) is 10.3. The first-order valence-electron chi connectivity index (χ1n) is 10.3. The Morgan fingerprint density at radius 1 is 0.656 bits per heavy atom. The maximum Gasteiger partial charge on any atom is 0.407 e. The van der Waals surface area contributed by atoms with E-state index >= 15 is 0 Å². The number of hydrogen-bond donors (Lipinski definition) is 1. The van der Waals surface area contributed by atoms with Crippen molar-refractivity contribution in [2.75, 3.05) is 26.2 Å². The molecule has 0 fully saturated rings. The average Bonchev–Trinajstić information content (AvgIpc) is 3.18. The van der Waals surface area contributed by atoms with E-state index in [1.54, 1.807) is 48.5 Å². The second kappa shape index (κ2) is 8.62. The maximum atomic E-state index is 12.4. The van der Waals surface area contributed by atoms with Gasteiger partial charge in [-0.1, -0.05) is 24.3 Å². The molecule has 2 aromatic carbocycles. The molecule has 5 amide bonds. The quantitative estimate of drug-likeness (QED) is 0.637. The lowest BCUT2D eigenvalue weighted by molar-refractivity contribution is 0.0640. The van der Waals surface area contributed by atoms with Crippen LogP contribution in [0.1, 0.15) is 54.3 Å². The molecule has 2 aliphatic rings. The third-order valence-electron chi connectivity index (χ3n) is 5.65. The predicted molar refractivity (Wildman–Crippen MR) is 112 cm³/mol. The van der Waals surface area contributed by atoms with Crippen LogP contribution >= 0.6 is 0 Å². The average molecular weight is 435 g/mol. The van der Waals surface area contributed by atoms with Gasteiger partial charge in [-0.25, -0.2) is 4.79 Å². The van der Waals surface area contributed by atoms with Gasteiger partial charge in [0.2, 0.25) is 0 Å². The van der Waals surface area contributed by atoms with Gasteiger partial charge in [0.05, 0.1) is 22.3 Å². The molecule has 2 aromatic rings. The molecule has 0 radical (unpaired) electrons. The van der Waals surface area contributed by atoms with E-state index in [4.69, 9.17) is 0 Å². The van der Waals surface area contributed by atoms with Crippen molar-refractivity contribution in [2.24, 2.45) is 0 Å². The summed E-state index contributed by atoms with van der Waals surface area (Å²) in [5.41, 5.74) is 1.42. The zero-order chi connectivity index (χ0) is 22.8. The summed E-state index contributed by atoms with van der Waals surface area (Å²) in [6, 6.07) is 13.1. The van der Waals surface area contributed by atoms with Crippen molar-refractivity contribution in [3.8, 4) is 0 Å². The van der Waals surface area contributed by atoms with Gasteiger partial charge in [-0.2, -0.15) is 0 Å². The largest absolute Gasteiger partial charge is 0.465 e. The molecule has 164 valence electrons. The van der Waals surface area contributed by atoms with E-state index in [9.17, 15) is 29.1 Å². The van der Waals surface area contributed by atoms with Gasteiger partial charge in [0.1, 0.15) is 0 Å². The molecule has 9 heteroatoms. The van der Waals surface area contributed by atoms with Crippen molar-refractivity contribution in [1.82, 2.24) is 14.7 Å². The molecule has 2 heterocycles. The zero-order valence-electron chi connectivity index (χ0n) is 17.2. The molecule has 32 heavy (non-hydrogen) atoms. The van der Waals surface area contributed by atoms with Crippen LogP contribution in [0, 0.1) is 0 Å². The molecule has 9 nitrogen and oxygen atoms in total. The third kappa shape index (κ3) is 3.73. The minimum absolute atomic E-state index is 0.106. The summed E-state index contributed by atoms with van der Waals surface area (Å²) in [6.45, 7) is 0.443. The van der Waals surface area contributed by atoms with Gasteiger partial charge >= 0.3 is 6.09 Å². The number of rotatable bonds is 8. The van der Waals surface area contributed by atoms with Gasteiger partial charge in [-0.3, -0.25) is 29.0 Å². The number of benzene rings is 2. The van der Waals surface area contributed by atoms with Crippen molar-refractivity contribution < 1.29 is 29.1 Å².